The van der Waals surface area contributed by atoms with Crippen molar-refractivity contribution in [3.8, 4) is 11.5 Å². The predicted molar refractivity (Wildman–Crippen MR) is 131 cm³/mol. The number of esters is 1. The van der Waals surface area contributed by atoms with E-state index in [1.807, 2.05) is 0 Å². The molecule has 1 aromatic rings. The van der Waals surface area contributed by atoms with Crippen molar-refractivity contribution in [1.29, 1.82) is 0 Å². The van der Waals surface area contributed by atoms with Crippen LogP contribution in [0.25, 0.3) is 0 Å². The van der Waals surface area contributed by atoms with Crippen molar-refractivity contribution in [3.05, 3.63) is 23.8 Å². The van der Waals surface area contributed by atoms with Gasteiger partial charge in [0.15, 0.2) is 6.61 Å². The van der Waals surface area contributed by atoms with Gasteiger partial charge in [0.1, 0.15) is 17.1 Å². The van der Waals surface area contributed by atoms with Crippen LogP contribution in [0.4, 0.5) is 0 Å². The molecule has 0 saturated heterocycles. The molecule has 6 nitrogen and oxygen atoms in total. The summed E-state index contributed by atoms with van der Waals surface area (Å²) in [6.07, 6.45) is 18.3. The molecule has 1 rings (SSSR count). The molecular formula is C27H44O6. The van der Waals surface area contributed by atoms with Crippen LogP contribution in [0, 0.1) is 0 Å². The van der Waals surface area contributed by atoms with Gasteiger partial charge in [-0.05, 0) is 25.5 Å². The fraction of sp³-hybridized carbons (Fsp3) is 0.704. The first-order valence-corrected chi connectivity index (χ1v) is 12.9. The zero-order chi connectivity index (χ0) is 24.2. The standard InChI is InChI=1S/C27H44O6/c1-3-5-6-7-8-9-10-11-12-13-14-15-16-17-20-32-23-18-19-24(27(29)30)25(21-23)33-22-26(28)31-4-2/h18-19,21H,3-17,20,22H2,1-2H3,(H,29,30). The minimum Gasteiger partial charge on any atom is -0.493 e. The molecule has 1 N–H and O–H groups in total. The lowest BCUT2D eigenvalue weighted by Crippen LogP contribution is -2.16. The molecule has 0 radical (unpaired) electrons. The SMILES string of the molecule is CCCCCCCCCCCCCCCCOc1ccc(C(=O)O)c(OCC(=O)OCC)c1. The highest BCUT2D eigenvalue weighted by atomic mass is 16.6. The van der Waals surface area contributed by atoms with E-state index in [-0.39, 0.29) is 24.5 Å². The van der Waals surface area contributed by atoms with E-state index in [0.717, 1.165) is 12.8 Å². The molecular weight excluding hydrogens is 420 g/mol. The Kier molecular flexibility index (Phi) is 16.8. The minimum atomic E-state index is -1.12. The molecule has 6 heteroatoms. The smallest absolute Gasteiger partial charge is 0.344 e. The van der Waals surface area contributed by atoms with Crippen LogP contribution in [-0.2, 0) is 9.53 Å². The first kappa shape index (κ1) is 28.8. The van der Waals surface area contributed by atoms with Gasteiger partial charge in [-0.1, -0.05) is 90.4 Å². The Morgan fingerprint density at radius 3 is 1.82 bits per heavy atom. The molecule has 1 aromatic carbocycles. The van der Waals surface area contributed by atoms with Crippen LogP contribution in [-0.4, -0.2) is 36.9 Å². The maximum Gasteiger partial charge on any atom is 0.344 e. The van der Waals surface area contributed by atoms with E-state index < -0.39 is 11.9 Å². The lowest BCUT2D eigenvalue weighted by Gasteiger charge is -2.12. The number of hydrogen-bond donors (Lipinski definition) is 1. The number of carbonyl (C=O) groups excluding carboxylic acids is 1. The molecule has 0 aliphatic heterocycles. The van der Waals surface area contributed by atoms with E-state index >= 15 is 0 Å². The normalized spacial score (nSPS) is 10.7. The number of rotatable bonds is 21. The second kappa shape index (κ2) is 19.2. The fourth-order valence-electron chi connectivity index (χ4n) is 3.71. The summed E-state index contributed by atoms with van der Waals surface area (Å²) in [5, 5.41) is 9.31. The highest BCUT2D eigenvalue weighted by Gasteiger charge is 2.14. The maximum absolute atomic E-state index is 11.5. The number of carboxylic acid groups (broad SMARTS) is 1. The molecule has 0 saturated carbocycles. The Morgan fingerprint density at radius 1 is 0.758 bits per heavy atom. The van der Waals surface area contributed by atoms with Crippen LogP contribution >= 0.6 is 0 Å². The summed E-state index contributed by atoms with van der Waals surface area (Å²) in [5.41, 5.74) is -0.0110. The maximum atomic E-state index is 11.5. The van der Waals surface area contributed by atoms with Gasteiger partial charge in [-0.2, -0.15) is 0 Å². The van der Waals surface area contributed by atoms with E-state index in [1.54, 1.807) is 13.0 Å². The van der Waals surface area contributed by atoms with Crippen LogP contribution in [0.5, 0.6) is 11.5 Å². The van der Waals surface area contributed by atoms with Crippen LogP contribution in [0.1, 0.15) is 114 Å². The molecule has 188 valence electrons. The Hall–Kier alpha value is -2.24. The minimum absolute atomic E-state index is 0.0110. The third-order valence-electron chi connectivity index (χ3n) is 5.60. The first-order valence-electron chi connectivity index (χ1n) is 12.9. The van der Waals surface area contributed by atoms with E-state index in [9.17, 15) is 14.7 Å². The van der Waals surface area contributed by atoms with Crippen LogP contribution in [0.15, 0.2) is 18.2 Å². The number of aromatic carboxylic acids is 1. The molecule has 33 heavy (non-hydrogen) atoms. The average molecular weight is 465 g/mol. The first-order chi connectivity index (χ1) is 16.1. The summed E-state index contributed by atoms with van der Waals surface area (Å²) in [6, 6.07) is 4.57. The van der Waals surface area contributed by atoms with Gasteiger partial charge in [-0.3, -0.25) is 0 Å². The summed E-state index contributed by atoms with van der Waals surface area (Å²) in [4.78, 5) is 22.9. The zero-order valence-electron chi connectivity index (χ0n) is 20.7. The number of carbonyl (C=O) groups is 2. The van der Waals surface area contributed by atoms with Gasteiger partial charge in [0, 0.05) is 6.07 Å². The summed E-state index contributed by atoms with van der Waals surface area (Å²) in [5.74, 6) is -1.02. The number of hydrogen-bond acceptors (Lipinski definition) is 5. The van der Waals surface area contributed by atoms with E-state index in [2.05, 4.69) is 6.92 Å². The summed E-state index contributed by atoms with van der Waals surface area (Å²) >= 11 is 0. The number of unbranched alkanes of at least 4 members (excludes halogenated alkanes) is 13. The monoisotopic (exact) mass is 464 g/mol. The van der Waals surface area contributed by atoms with E-state index in [1.165, 1.54) is 89.2 Å². The summed E-state index contributed by atoms with van der Waals surface area (Å²) in [6.45, 7) is 4.44. The van der Waals surface area contributed by atoms with Gasteiger partial charge >= 0.3 is 11.9 Å². The molecule has 0 spiro atoms. The van der Waals surface area contributed by atoms with Crippen LogP contribution in [0.3, 0.4) is 0 Å². The topological polar surface area (TPSA) is 82.1 Å². The second-order valence-corrected chi connectivity index (χ2v) is 8.50. The van der Waals surface area contributed by atoms with Gasteiger partial charge in [0.25, 0.3) is 0 Å². The highest BCUT2D eigenvalue weighted by molar-refractivity contribution is 5.91. The number of benzene rings is 1. The lowest BCUT2D eigenvalue weighted by molar-refractivity contribution is -0.145. The molecule has 0 heterocycles. The second-order valence-electron chi connectivity index (χ2n) is 8.50. The van der Waals surface area contributed by atoms with Crippen molar-refractivity contribution in [2.45, 2.75) is 104 Å². The molecule has 0 fully saturated rings. The highest BCUT2D eigenvalue weighted by Crippen LogP contribution is 2.25. The van der Waals surface area contributed by atoms with Crippen LogP contribution < -0.4 is 9.47 Å². The number of ether oxygens (including phenoxy) is 3. The Bertz CT molecular complexity index is 658. The Labute approximate surface area is 200 Å². The van der Waals surface area contributed by atoms with Crippen molar-refractivity contribution < 1.29 is 28.9 Å². The Morgan fingerprint density at radius 2 is 1.30 bits per heavy atom. The van der Waals surface area contributed by atoms with Gasteiger partial charge < -0.3 is 19.3 Å². The van der Waals surface area contributed by atoms with Gasteiger partial charge in [-0.25, -0.2) is 9.59 Å². The Balaban J connectivity index is 2.13. The van der Waals surface area contributed by atoms with E-state index in [4.69, 9.17) is 14.2 Å². The van der Waals surface area contributed by atoms with Crippen molar-refractivity contribution in [2.24, 2.45) is 0 Å². The largest absolute Gasteiger partial charge is 0.493 e. The number of carboxylic acids is 1. The van der Waals surface area contributed by atoms with E-state index in [0.29, 0.717) is 12.4 Å². The summed E-state index contributed by atoms with van der Waals surface area (Å²) in [7, 11) is 0. The summed E-state index contributed by atoms with van der Waals surface area (Å²) < 4.78 is 15.9. The lowest BCUT2D eigenvalue weighted by atomic mass is 10.0. The van der Waals surface area contributed by atoms with Crippen LogP contribution in [0.2, 0.25) is 0 Å². The fourth-order valence-corrected chi connectivity index (χ4v) is 3.71. The third kappa shape index (κ3) is 14.5. The molecule has 0 aromatic heterocycles. The molecule has 0 atom stereocenters. The quantitative estimate of drug-likeness (QED) is 0.153. The van der Waals surface area contributed by atoms with Crippen molar-refractivity contribution in [1.82, 2.24) is 0 Å². The van der Waals surface area contributed by atoms with Gasteiger partial charge in [0.05, 0.1) is 13.2 Å². The predicted octanol–water partition coefficient (Wildman–Crippen LogP) is 7.19. The molecule has 0 bridgehead atoms. The molecule has 0 unspecified atom stereocenters. The van der Waals surface area contributed by atoms with Crippen molar-refractivity contribution in [3.63, 3.8) is 0 Å². The third-order valence-corrected chi connectivity index (χ3v) is 5.60. The van der Waals surface area contributed by atoms with Gasteiger partial charge in [-0.15, -0.1) is 0 Å². The molecule has 0 aliphatic carbocycles. The average Bonchev–Trinajstić information content (AvgIpc) is 2.80. The van der Waals surface area contributed by atoms with Gasteiger partial charge in [0.2, 0.25) is 0 Å². The van der Waals surface area contributed by atoms with Crippen molar-refractivity contribution in [2.75, 3.05) is 19.8 Å². The molecule has 0 aliphatic rings. The van der Waals surface area contributed by atoms with Crippen molar-refractivity contribution >= 4 is 11.9 Å². The molecule has 0 amide bonds. The zero-order valence-corrected chi connectivity index (χ0v) is 20.7.